The molecule has 0 aliphatic carbocycles. The van der Waals surface area contributed by atoms with E-state index in [1.807, 2.05) is 66.9 Å². The molecule has 2 aromatic heterocycles. The van der Waals surface area contributed by atoms with Gasteiger partial charge in [0.15, 0.2) is 0 Å². The van der Waals surface area contributed by atoms with Gasteiger partial charge in [-0.15, -0.1) is 11.3 Å². The second-order valence-corrected chi connectivity index (χ2v) is 6.99. The fraction of sp³-hybridized carbons (Fsp3) is 0.100. The summed E-state index contributed by atoms with van der Waals surface area (Å²) in [7, 11) is 0. The fourth-order valence-corrected chi connectivity index (χ4v) is 3.22. The van der Waals surface area contributed by atoms with Crippen LogP contribution in [0.1, 0.15) is 21.3 Å². The number of rotatable bonds is 5. The molecule has 1 amide bonds. The van der Waals surface area contributed by atoms with E-state index in [0.717, 1.165) is 27.4 Å². The monoisotopic (exact) mass is 376 g/mol. The maximum atomic E-state index is 12.2. The second kappa shape index (κ2) is 7.51. The second-order valence-electron chi connectivity index (χ2n) is 5.92. The van der Waals surface area contributed by atoms with Crippen molar-refractivity contribution >= 4 is 17.2 Å². The Morgan fingerprint density at radius 1 is 1.07 bits per heavy atom. The van der Waals surface area contributed by atoms with Crippen molar-refractivity contribution in [1.82, 2.24) is 20.4 Å². The van der Waals surface area contributed by atoms with Crippen LogP contribution in [0.5, 0.6) is 0 Å². The van der Waals surface area contributed by atoms with Crippen LogP contribution in [0.2, 0.25) is 0 Å². The summed E-state index contributed by atoms with van der Waals surface area (Å²) < 4.78 is 5.13. The molecule has 0 aliphatic rings. The van der Waals surface area contributed by atoms with Gasteiger partial charge in [0.2, 0.25) is 5.82 Å². The first-order chi connectivity index (χ1) is 13.2. The highest BCUT2D eigenvalue weighted by Gasteiger charge is 2.16. The number of nitrogens with zero attached hydrogens (tertiary/aromatic N) is 3. The van der Waals surface area contributed by atoms with Crippen LogP contribution in [0.3, 0.4) is 0 Å². The van der Waals surface area contributed by atoms with Crippen LogP contribution in [0, 0.1) is 6.92 Å². The fourth-order valence-electron chi connectivity index (χ4n) is 2.60. The van der Waals surface area contributed by atoms with Crippen LogP contribution in [-0.2, 0) is 6.54 Å². The van der Waals surface area contributed by atoms with E-state index in [1.54, 1.807) is 11.3 Å². The minimum absolute atomic E-state index is 0.0594. The number of carbonyl (C=O) groups excluding carboxylic acids is 1. The molecular formula is C20H16N4O2S. The summed E-state index contributed by atoms with van der Waals surface area (Å²) in [6.45, 7) is 2.37. The minimum atomic E-state index is -0.399. The molecule has 0 unspecified atom stereocenters. The van der Waals surface area contributed by atoms with E-state index in [1.165, 1.54) is 0 Å². The molecule has 0 bridgehead atoms. The first-order valence-corrected chi connectivity index (χ1v) is 9.26. The molecule has 27 heavy (non-hydrogen) atoms. The van der Waals surface area contributed by atoms with Gasteiger partial charge in [-0.1, -0.05) is 53.7 Å². The number of aryl methyl sites for hydroxylation is 1. The molecule has 4 aromatic rings. The number of thiazole rings is 1. The molecule has 0 spiro atoms. The number of benzene rings is 2. The number of aromatic nitrogens is 3. The first kappa shape index (κ1) is 17.1. The normalized spacial score (nSPS) is 10.7. The lowest BCUT2D eigenvalue weighted by molar-refractivity contribution is 0.0907. The Hall–Kier alpha value is -3.32. The van der Waals surface area contributed by atoms with E-state index < -0.39 is 5.91 Å². The molecule has 0 saturated heterocycles. The van der Waals surface area contributed by atoms with Crippen molar-refractivity contribution in [2.24, 2.45) is 0 Å². The number of carbonyl (C=O) groups is 1. The maximum absolute atomic E-state index is 12.2. The van der Waals surface area contributed by atoms with Gasteiger partial charge in [-0.25, -0.2) is 4.98 Å². The molecule has 0 aliphatic heterocycles. The minimum Gasteiger partial charge on any atom is -0.344 e. The van der Waals surface area contributed by atoms with Gasteiger partial charge in [0.1, 0.15) is 0 Å². The van der Waals surface area contributed by atoms with E-state index in [2.05, 4.69) is 20.4 Å². The number of hydrogen-bond acceptors (Lipinski definition) is 6. The predicted octanol–water partition coefficient (Wildman–Crippen LogP) is 4.10. The van der Waals surface area contributed by atoms with Gasteiger partial charge in [-0.3, -0.25) is 4.79 Å². The van der Waals surface area contributed by atoms with Crippen molar-refractivity contribution in [3.05, 3.63) is 76.4 Å². The molecule has 2 aromatic carbocycles. The molecule has 2 heterocycles. The average molecular weight is 376 g/mol. The average Bonchev–Trinajstić information content (AvgIpc) is 3.36. The first-order valence-electron chi connectivity index (χ1n) is 8.38. The lowest BCUT2D eigenvalue weighted by atomic mass is 10.1. The van der Waals surface area contributed by atoms with Crippen LogP contribution in [0.25, 0.3) is 22.6 Å². The molecule has 1 N–H and O–H groups in total. The van der Waals surface area contributed by atoms with Crippen molar-refractivity contribution in [3.63, 3.8) is 0 Å². The van der Waals surface area contributed by atoms with Gasteiger partial charge in [0.05, 0.1) is 10.7 Å². The van der Waals surface area contributed by atoms with Crippen LogP contribution >= 0.6 is 11.3 Å². The SMILES string of the molecule is Cc1nc(-c2cccc(-c3noc(C(=O)NCc4ccccc4)n3)c2)cs1. The molecule has 0 fully saturated rings. The topological polar surface area (TPSA) is 80.9 Å². The van der Waals surface area contributed by atoms with Crippen LogP contribution in [0.15, 0.2) is 64.5 Å². The van der Waals surface area contributed by atoms with Crippen LogP contribution < -0.4 is 5.32 Å². The van der Waals surface area contributed by atoms with Crippen molar-refractivity contribution in [2.75, 3.05) is 0 Å². The molecule has 134 valence electrons. The summed E-state index contributed by atoms with van der Waals surface area (Å²) in [6.07, 6.45) is 0. The molecule has 0 saturated carbocycles. The van der Waals surface area contributed by atoms with E-state index in [9.17, 15) is 4.79 Å². The molecular weight excluding hydrogens is 360 g/mol. The molecule has 0 radical (unpaired) electrons. The maximum Gasteiger partial charge on any atom is 0.316 e. The lowest BCUT2D eigenvalue weighted by Gasteiger charge is -2.01. The van der Waals surface area contributed by atoms with Crippen molar-refractivity contribution in [1.29, 1.82) is 0 Å². The van der Waals surface area contributed by atoms with Gasteiger partial charge in [-0.2, -0.15) is 4.98 Å². The zero-order chi connectivity index (χ0) is 18.6. The zero-order valence-electron chi connectivity index (χ0n) is 14.5. The van der Waals surface area contributed by atoms with E-state index >= 15 is 0 Å². The summed E-state index contributed by atoms with van der Waals surface area (Å²) in [6, 6.07) is 17.3. The van der Waals surface area contributed by atoms with E-state index in [4.69, 9.17) is 4.52 Å². The molecule has 4 rings (SSSR count). The molecule has 7 heteroatoms. The molecule has 0 atom stereocenters. The standard InChI is InChI=1S/C20H16N4O2S/c1-13-22-17(12-27-13)15-8-5-9-16(10-15)18-23-20(26-24-18)19(25)21-11-14-6-3-2-4-7-14/h2-10,12H,11H2,1H3,(H,21,25). The van der Waals surface area contributed by atoms with E-state index in [0.29, 0.717) is 12.4 Å². The number of hydrogen-bond donors (Lipinski definition) is 1. The summed E-state index contributed by atoms with van der Waals surface area (Å²) in [5, 5.41) is 9.73. The Morgan fingerprint density at radius 2 is 1.89 bits per heavy atom. The van der Waals surface area contributed by atoms with Crippen LogP contribution in [0.4, 0.5) is 0 Å². The summed E-state index contributed by atoms with van der Waals surface area (Å²) in [4.78, 5) is 21.0. The Kier molecular flexibility index (Phi) is 4.76. The van der Waals surface area contributed by atoms with Gasteiger partial charge >= 0.3 is 11.8 Å². The third-order valence-corrected chi connectivity index (χ3v) is 4.73. The van der Waals surface area contributed by atoms with Gasteiger partial charge in [0.25, 0.3) is 0 Å². The highest BCUT2D eigenvalue weighted by atomic mass is 32.1. The van der Waals surface area contributed by atoms with Crippen LogP contribution in [-0.4, -0.2) is 21.0 Å². The lowest BCUT2D eigenvalue weighted by Crippen LogP contribution is -2.23. The summed E-state index contributed by atoms with van der Waals surface area (Å²) in [5.41, 5.74) is 3.64. The largest absolute Gasteiger partial charge is 0.344 e. The highest BCUT2D eigenvalue weighted by molar-refractivity contribution is 7.09. The number of nitrogens with one attached hydrogen (secondary N) is 1. The Balaban J connectivity index is 1.50. The smallest absolute Gasteiger partial charge is 0.316 e. The van der Waals surface area contributed by atoms with Crippen molar-refractivity contribution in [2.45, 2.75) is 13.5 Å². The molecule has 6 nitrogen and oxygen atoms in total. The summed E-state index contributed by atoms with van der Waals surface area (Å²) >= 11 is 1.60. The van der Waals surface area contributed by atoms with Gasteiger partial charge in [-0.05, 0) is 18.6 Å². The van der Waals surface area contributed by atoms with E-state index in [-0.39, 0.29) is 5.89 Å². The third-order valence-electron chi connectivity index (χ3n) is 3.95. The third kappa shape index (κ3) is 3.93. The van der Waals surface area contributed by atoms with Gasteiger partial charge in [0, 0.05) is 23.1 Å². The quantitative estimate of drug-likeness (QED) is 0.567. The highest BCUT2D eigenvalue weighted by Crippen LogP contribution is 2.25. The van der Waals surface area contributed by atoms with Gasteiger partial charge < -0.3 is 9.84 Å². The summed E-state index contributed by atoms with van der Waals surface area (Å²) in [5.74, 6) is -0.0895. The zero-order valence-corrected chi connectivity index (χ0v) is 15.4. The number of amides is 1. The predicted molar refractivity (Wildman–Crippen MR) is 103 cm³/mol. The Morgan fingerprint density at radius 3 is 2.67 bits per heavy atom. The Labute approximate surface area is 159 Å². The van der Waals surface area contributed by atoms with Crippen molar-refractivity contribution in [3.8, 4) is 22.6 Å². The van der Waals surface area contributed by atoms with Crippen molar-refractivity contribution < 1.29 is 9.32 Å². The Bertz CT molecular complexity index is 1070.